The van der Waals surface area contributed by atoms with Gasteiger partial charge in [-0.25, -0.2) is 4.79 Å². The Morgan fingerprint density at radius 3 is 2.75 bits per heavy atom. The van der Waals surface area contributed by atoms with Gasteiger partial charge in [0.15, 0.2) is 0 Å². The van der Waals surface area contributed by atoms with Crippen LogP contribution in [0.25, 0.3) is 0 Å². The van der Waals surface area contributed by atoms with Crippen molar-refractivity contribution in [3.63, 3.8) is 0 Å². The molecule has 16 heavy (non-hydrogen) atoms. The fourth-order valence-electron chi connectivity index (χ4n) is 1.45. The van der Waals surface area contributed by atoms with Crippen LogP contribution in [0, 0.1) is 5.92 Å². The van der Waals surface area contributed by atoms with E-state index in [0.29, 0.717) is 16.6 Å². The average molecular weight is 303 g/mol. The van der Waals surface area contributed by atoms with Crippen LogP contribution in [-0.2, 0) is 10.8 Å². The minimum Gasteiger partial charge on any atom is -0.478 e. The number of carbonyl (C=O) groups is 1. The summed E-state index contributed by atoms with van der Waals surface area (Å²) in [6, 6.07) is 4.79. The van der Waals surface area contributed by atoms with Gasteiger partial charge in [-0.15, -0.1) is 0 Å². The van der Waals surface area contributed by atoms with Crippen molar-refractivity contribution in [1.29, 1.82) is 0 Å². The first kappa shape index (κ1) is 11.8. The Kier molecular flexibility index (Phi) is 3.44. The quantitative estimate of drug-likeness (QED) is 0.930. The van der Waals surface area contributed by atoms with Gasteiger partial charge in [-0.05, 0) is 37.0 Å². The van der Waals surface area contributed by atoms with Gasteiger partial charge in [-0.1, -0.05) is 15.9 Å². The summed E-state index contributed by atoms with van der Waals surface area (Å²) < 4.78 is 12.8. The summed E-state index contributed by atoms with van der Waals surface area (Å²) in [5, 5.41) is 9.01. The second-order valence-corrected chi connectivity index (χ2v) is 6.28. The normalized spacial score (nSPS) is 17.1. The third-order valence-electron chi connectivity index (χ3n) is 2.50. The van der Waals surface area contributed by atoms with E-state index in [1.165, 1.54) is 6.07 Å². The van der Waals surface area contributed by atoms with Crippen molar-refractivity contribution >= 4 is 32.7 Å². The zero-order chi connectivity index (χ0) is 11.7. The van der Waals surface area contributed by atoms with Gasteiger partial charge in [0.05, 0.1) is 21.3 Å². The highest BCUT2D eigenvalue weighted by molar-refractivity contribution is 9.10. The summed E-state index contributed by atoms with van der Waals surface area (Å²) in [5.74, 6) is 0.0737. The van der Waals surface area contributed by atoms with Crippen LogP contribution in [0.5, 0.6) is 0 Å². The van der Waals surface area contributed by atoms with Crippen molar-refractivity contribution in [3.8, 4) is 0 Å². The molecule has 1 aromatic rings. The van der Waals surface area contributed by atoms with Crippen LogP contribution >= 0.6 is 15.9 Å². The first-order valence-electron chi connectivity index (χ1n) is 4.99. The Morgan fingerprint density at radius 1 is 1.50 bits per heavy atom. The van der Waals surface area contributed by atoms with Gasteiger partial charge in [0, 0.05) is 10.2 Å². The van der Waals surface area contributed by atoms with Crippen molar-refractivity contribution in [2.24, 2.45) is 5.92 Å². The van der Waals surface area contributed by atoms with Crippen molar-refractivity contribution in [3.05, 3.63) is 28.2 Å². The van der Waals surface area contributed by atoms with E-state index in [1.807, 2.05) is 0 Å². The fraction of sp³-hybridized carbons (Fsp3) is 0.364. The molecule has 1 atom stereocenters. The maximum absolute atomic E-state index is 12.0. The standard InChI is InChI=1S/C11H11BrO3S/c12-8-3-4-9(11(13)14)10(5-8)16(15)6-7-1-2-7/h3-5,7H,1-2,6H2,(H,13,14). The van der Waals surface area contributed by atoms with Gasteiger partial charge in [0.2, 0.25) is 0 Å². The number of benzene rings is 1. The van der Waals surface area contributed by atoms with Crippen LogP contribution in [0.3, 0.4) is 0 Å². The van der Waals surface area contributed by atoms with E-state index < -0.39 is 16.8 Å². The molecule has 86 valence electrons. The lowest BCUT2D eigenvalue weighted by molar-refractivity contribution is 0.0693. The molecule has 1 unspecified atom stereocenters. The van der Waals surface area contributed by atoms with Gasteiger partial charge < -0.3 is 5.11 Å². The summed E-state index contributed by atoms with van der Waals surface area (Å²) >= 11 is 3.27. The van der Waals surface area contributed by atoms with Crippen molar-refractivity contribution in [2.45, 2.75) is 17.7 Å². The molecule has 1 saturated carbocycles. The molecule has 1 N–H and O–H groups in total. The van der Waals surface area contributed by atoms with Gasteiger partial charge in [0.1, 0.15) is 0 Å². The molecule has 0 radical (unpaired) electrons. The molecule has 1 fully saturated rings. The molecule has 0 amide bonds. The summed E-state index contributed by atoms with van der Waals surface area (Å²) in [5.41, 5.74) is 0.141. The van der Waals surface area contributed by atoms with Crippen LogP contribution in [0.1, 0.15) is 23.2 Å². The topological polar surface area (TPSA) is 54.4 Å². The average Bonchev–Trinajstić information content (AvgIpc) is 3.01. The summed E-state index contributed by atoms with van der Waals surface area (Å²) in [7, 11) is -1.20. The van der Waals surface area contributed by atoms with E-state index in [4.69, 9.17) is 5.11 Å². The summed E-state index contributed by atoms with van der Waals surface area (Å²) in [6.07, 6.45) is 2.23. The molecule has 0 aromatic heterocycles. The molecule has 2 rings (SSSR count). The van der Waals surface area contributed by atoms with Crippen LogP contribution in [-0.4, -0.2) is 21.0 Å². The van der Waals surface area contributed by atoms with Crippen LogP contribution in [0.15, 0.2) is 27.6 Å². The lowest BCUT2D eigenvalue weighted by Gasteiger charge is -2.06. The highest BCUT2D eigenvalue weighted by Crippen LogP contribution is 2.32. The Hall–Kier alpha value is -0.680. The smallest absolute Gasteiger partial charge is 0.336 e. The van der Waals surface area contributed by atoms with E-state index >= 15 is 0 Å². The molecule has 0 bridgehead atoms. The molecule has 1 aliphatic carbocycles. The van der Waals surface area contributed by atoms with Crippen molar-refractivity contribution in [1.82, 2.24) is 0 Å². The SMILES string of the molecule is O=C(O)c1ccc(Br)cc1S(=O)CC1CC1. The van der Waals surface area contributed by atoms with E-state index in [-0.39, 0.29) is 5.56 Å². The van der Waals surface area contributed by atoms with Crippen LogP contribution in [0.2, 0.25) is 0 Å². The first-order valence-corrected chi connectivity index (χ1v) is 7.10. The predicted molar refractivity (Wildman–Crippen MR) is 65.1 cm³/mol. The Bertz CT molecular complexity index is 455. The zero-order valence-corrected chi connectivity index (χ0v) is 10.9. The van der Waals surface area contributed by atoms with E-state index in [2.05, 4.69) is 15.9 Å². The molecule has 1 aromatic carbocycles. The highest BCUT2D eigenvalue weighted by atomic mass is 79.9. The Labute approximate surface area is 104 Å². The van der Waals surface area contributed by atoms with E-state index in [9.17, 15) is 9.00 Å². The molecule has 5 heteroatoms. The molecule has 1 aliphatic rings. The Morgan fingerprint density at radius 2 is 2.19 bits per heavy atom. The monoisotopic (exact) mass is 302 g/mol. The first-order chi connectivity index (χ1) is 7.58. The number of halogens is 1. The number of hydrogen-bond acceptors (Lipinski definition) is 2. The molecule has 0 heterocycles. The van der Waals surface area contributed by atoms with Gasteiger partial charge in [0.25, 0.3) is 0 Å². The van der Waals surface area contributed by atoms with Crippen LogP contribution < -0.4 is 0 Å². The third kappa shape index (κ3) is 2.71. The van der Waals surface area contributed by atoms with Crippen molar-refractivity contribution < 1.29 is 14.1 Å². The Balaban J connectivity index is 2.31. The number of carboxylic acid groups (broad SMARTS) is 1. The van der Waals surface area contributed by atoms with Crippen LogP contribution in [0.4, 0.5) is 0 Å². The van der Waals surface area contributed by atoms with Crippen molar-refractivity contribution in [2.75, 3.05) is 5.75 Å². The largest absolute Gasteiger partial charge is 0.478 e. The fourth-order valence-corrected chi connectivity index (χ4v) is 3.56. The maximum Gasteiger partial charge on any atom is 0.336 e. The van der Waals surface area contributed by atoms with E-state index in [1.54, 1.807) is 12.1 Å². The second-order valence-electron chi connectivity index (χ2n) is 3.90. The lowest BCUT2D eigenvalue weighted by atomic mass is 10.2. The highest BCUT2D eigenvalue weighted by Gasteiger charge is 2.26. The number of hydrogen-bond donors (Lipinski definition) is 1. The van der Waals surface area contributed by atoms with Gasteiger partial charge in [-0.2, -0.15) is 0 Å². The number of aromatic carboxylic acids is 1. The third-order valence-corrected chi connectivity index (χ3v) is 4.60. The lowest BCUT2D eigenvalue weighted by Crippen LogP contribution is -2.07. The minimum absolute atomic E-state index is 0.141. The summed E-state index contributed by atoms with van der Waals surface area (Å²) in [6.45, 7) is 0. The maximum atomic E-state index is 12.0. The number of rotatable bonds is 4. The number of carboxylic acids is 1. The van der Waals surface area contributed by atoms with Gasteiger partial charge >= 0.3 is 5.97 Å². The minimum atomic E-state index is -1.20. The molecular formula is C11H11BrO3S. The summed E-state index contributed by atoms with van der Waals surface area (Å²) in [4.78, 5) is 11.4. The molecule has 3 nitrogen and oxygen atoms in total. The van der Waals surface area contributed by atoms with Gasteiger partial charge in [-0.3, -0.25) is 4.21 Å². The molecule has 0 spiro atoms. The van der Waals surface area contributed by atoms with E-state index in [0.717, 1.165) is 17.3 Å². The molecule has 0 aliphatic heterocycles. The second kappa shape index (κ2) is 4.67. The molecular weight excluding hydrogens is 292 g/mol. The predicted octanol–water partition coefficient (Wildman–Crippen LogP) is 2.66. The zero-order valence-electron chi connectivity index (χ0n) is 8.48. The molecule has 0 saturated heterocycles.